The van der Waals surface area contributed by atoms with Crippen LogP contribution in [0.1, 0.15) is 9.75 Å². The zero-order valence-corrected chi connectivity index (χ0v) is 15.5. The van der Waals surface area contributed by atoms with Crippen LogP contribution < -0.4 is 4.74 Å². The Balaban J connectivity index is 1.92. The first-order valence-corrected chi connectivity index (χ1v) is 10.5. The maximum atomic E-state index is 13.1. The Kier molecular flexibility index (Phi) is 5.35. The molecule has 0 aliphatic carbocycles. The van der Waals surface area contributed by atoms with E-state index in [1.165, 1.54) is 4.31 Å². The van der Waals surface area contributed by atoms with Crippen LogP contribution in [-0.4, -0.2) is 19.8 Å². The minimum absolute atomic E-state index is 0.274. The number of ether oxygens (including phenoxy) is 1. The SMILES string of the molecule is COc1ccc(S(=O)(=O)N(Cc2cccs2)Cc2cccs2)cc1. The van der Waals surface area contributed by atoms with Crippen LogP contribution in [0, 0.1) is 0 Å². The Labute approximate surface area is 150 Å². The molecule has 2 heterocycles. The number of benzene rings is 1. The minimum Gasteiger partial charge on any atom is -0.497 e. The molecule has 24 heavy (non-hydrogen) atoms. The minimum atomic E-state index is -3.59. The van der Waals surface area contributed by atoms with Crippen molar-refractivity contribution in [2.24, 2.45) is 0 Å². The summed E-state index contributed by atoms with van der Waals surface area (Å²) in [6.45, 7) is 0.730. The molecule has 0 radical (unpaired) electrons. The predicted molar refractivity (Wildman–Crippen MR) is 98.1 cm³/mol. The molecule has 0 aliphatic heterocycles. The summed E-state index contributed by atoms with van der Waals surface area (Å²) >= 11 is 3.12. The highest BCUT2D eigenvalue weighted by atomic mass is 32.2. The van der Waals surface area contributed by atoms with Gasteiger partial charge in [-0.1, -0.05) is 12.1 Å². The van der Waals surface area contributed by atoms with Crippen molar-refractivity contribution < 1.29 is 13.2 Å². The van der Waals surface area contributed by atoms with Crippen LogP contribution in [-0.2, 0) is 23.1 Å². The van der Waals surface area contributed by atoms with E-state index in [1.807, 2.05) is 35.0 Å². The zero-order valence-electron chi connectivity index (χ0n) is 13.1. The number of methoxy groups -OCH3 is 1. The van der Waals surface area contributed by atoms with Gasteiger partial charge in [-0.3, -0.25) is 0 Å². The number of rotatable bonds is 7. The average molecular weight is 380 g/mol. The van der Waals surface area contributed by atoms with Gasteiger partial charge in [-0.05, 0) is 47.2 Å². The van der Waals surface area contributed by atoms with E-state index in [0.717, 1.165) is 9.75 Å². The molecule has 126 valence electrons. The first-order valence-electron chi connectivity index (χ1n) is 7.28. The van der Waals surface area contributed by atoms with E-state index in [2.05, 4.69) is 0 Å². The molecule has 0 fully saturated rings. The van der Waals surface area contributed by atoms with Crippen LogP contribution in [0.3, 0.4) is 0 Å². The smallest absolute Gasteiger partial charge is 0.243 e. The summed E-state index contributed by atoms with van der Waals surface area (Å²) in [6.07, 6.45) is 0. The van der Waals surface area contributed by atoms with Crippen molar-refractivity contribution >= 4 is 32.7 Å². The molecule has 2 aromatic heterocycles. The lowest BCUT2D eigenvalue weighted by molar-refractivity contribution is 0.405. The van der Waals surface area contributed by atoms with E-state index in [9.17, 15) is 8.42 Å². The molecule has 3 aromatic rings. The van der Waals surface area contributed by atoms with Gasteiger partial charge in [0.1, 0.15) is 5.75 Å². The number of thiophene rings is 2. The van der Waals surface area contributed by atoms with E-state index in [-0.39, 0.29) is 4.90 Å². The molecule has 3 rings (SSSR count). The van der Waals surface area contributed by atoms with Crippen LogP contribution in [0.5, 0.6) is 5.75 Å². The van der Waals surface area contributed by atoms with Gasteiger partial charge in [0.25, 0.3) is 0 Å². The third kappa shape index (κ3) is 3.87. The second-order valence-electron chi connectivity index (χ2n) is 5.11. The molecule has 7 heteroatoms. The van der Waals surface area contributed by atoms with Crippen LogP contribution in [0.25, 0.3) is 0 Å². The van der Waals surface area contributed by atoms with Gasteiger partial charge in [0.05, 0.1) is 12.0 Å². The molecule has 0 N–H and O–H groups in total. The van der Waals surface area contributed by atoms with Gasteiger partial charge in [-0.2, -0.15) is 4.31 Å². The molecule has 1 aromatic carbocycles. The lowest BCUT2D eigenvalue weighted by Crippen LogP contribution is -2.29. The van der Waals surface area contributed by atoms with Gasteiger partial charge < -0.3 is 4.74 Å². The first kappa shape index (κ1) is 17.2. The fourth-order valence-electron chi connectivity index (χ4n) is 2.28. The van der Waals surface area contributed by atoms with Crippen LogP contribution in [0.4, 0.5) is 0 Å². The van der Waals surface area contributed by atoms with E-state index >= 15 is 0 Å². The lowest BCUT2D eigenvalue weighted by atomic mass is 10.3. The molecule has 0 bridgehead atoms. The molecule has 0 saturated heterocycles. The number of sulfonamides is 1. The van der Waals surface area contributed by atoms with Gasteiger partial charge in [0.2, 0.25) is 10.0 Å². The van der Waals surface area contributed by atoms with Gasteiger partial charge in [0, 0.05) is 22.8 Å². The average Bonchev–Trinajstić information content (AvgIpc) is 3.28. The molecule has 0 saturated carbocycles. The van der Waals surface area contributed by atoms with Crippen molar-refractivity contribution in [3.63, 3.8) is 0 Å². The Bertz CT molecular complexity index is 818. The maximum absolute atomic E-state index is 13.1. The quantitative estimate of drug-likeness (QED) is 0.618. The summed E-state index contributed by atoms with van der Waals surface area (Å²) in [5.74, 6) is 0.636. The second-order valence-corrected chi connectivity index (χ2v) is 9.11. The predicted octanol–water partition coefficient (Wildman–Crippen LogP) is 4.21. The van der Waals surface area contributed by atoms with Gasteiger partial charge in [0.15, 0.2) is 0 Å². The summed E-state index contributed by atoms with van der Waals surface area (Å²) in [5.41, 5.74) is 0. The molecule has 0 unspecified atom stereocenters. The van der Waals surface area contributed by atoms with Crippen molar-refractivity contribution in [1.82, 2.24) is 4.31 Å². The number of hydrogen-bond donors (Lipinski definition) is 0. The fourth-order valence-corrected chi connectivity index (χ4v) is 5.27. The third-order valence-electron chi connectivity index (χ3n) is 3.52. The fraction of sp³-hybridized carbons (Fsp3) is 0.176. The molecule has 0 atom stereocenters. The first-order chi connectivity index (χ1) is 11.6. The van der Waals surface area contributed by atoms with Crippen LogP contribution in [0.15, 0.2) is 64.2 Å². The van der Waals surface area contributed by atoms with Gasteiger partial charge >= 0.3 is 0 Å². The van der Waals surface area contributed by atoms with Gasteiger partial charge in [-0.15, -0.1) is 22.7 Å². The Hall–Kier alpha value is -1.67. The highest BCUT2D eigenvalue weighted by Crippen LogP contribution is 2.25. The van der Waals surface area contributed by atoms with Crippen molar-refractivity contribution in [1.29, 1.82) is 0 Å². The topological polar surface area (TPSA) is 46.6 Å². The number of nitrogens with zero attached hydrogens (tertiary/aromatic N) is 1. The molecular formula is C17H17NO3S3. The third-order valence-corrected chi connectivity index (χ3v) is 7.05. The van der Waals surface area contributed by atoms with Gasteiger partial charge in [-0.25, -0.2) is 8.42 Å². The molecule has 0 amide bonds. The lowest BCUT2D eigenvalue weighted by Gasteiger charge is -2.21. The molecular weight excluding hydrogens is 362 g/mol. The van der Waals surface area contributed by atoms with Crippen LogP contribution in [0.2, 0.25) is 0 Å². The number of hydrogen-bond acceptors (Lipinski definition) is 5. The second kappa shape index (κ2) is 7.48. The monoisotopic (exact) mass is 379 g/mol. The highest BCUT2D eigenvalue weighted by Gasteiger charge is 2.25. The largest absolute Gasteiger partial charge is 0.497 e. The molecule has 0 aliphatic rings. The van der Waals surface area contributed by atoms with E-state index in [4.69, 9.17) is 4.74 Å². The van der Waals surface area contributed by atoms with Crippen molar-refractivity contribution in [2.45, 2.75) is 18.0 Å². The molecule has 4 nitrogen and oxygen atoms in total. The van der Waals surface area contributed by atoms with Crippen molar-refractivity contribution in [3.05, 3.63) is 69.0 Å². The highest BCUT2D eigenvalue weighted by molar-refractivity contribution is 7.89. The van der Waals surface area contributed by atoms with E-state index < -0.39 is 10.0 Å². The summed E-state index contributed by atoms with van der Waals surface area (Å²) in [4.78, 5) is 2.31. The summed E-state index contributed by atoms with van der Waals surface area (Å²) in [7, 11) is -2.03. The zero-order chi connectivity index (χ0) is 17.0. The summed E-state index contributed by atoms with van der Waals surface area (Å²) in [5, 5.41) is 3.91. The Morgan fingerprint density at radius 3 is 1.88 bits per heavy atom. The van der Waals surface area contributed by atoms with Crippen molar-refractivity contribution in [3.8, 4) is 5.75 Å². The standard InChI is InChI=1S/C17H17NO3S3/c1-21-14-6-8-17(9-7-14)24(19,20)18(12-15-4-2-10-22-15)13-16-5-3-11-23-16/h2-11H,12-13H2,1H3. The van der Waals surface area contributed by atoms with E-state index in [0.29, 0.717) is 18.8 Å². The summed E-state index contributed by atoms with van der Waals surface area (Å²) < 4.78 is 32.8. The van der Waals surface area contributed by atoms with Crippen molar-refractivity contribution in [2.75, 3.05) is 7.11 Å². The summed E-state index contributed by atoms with van der Waals surface area (Å²) in [6, 6.07) is 14.3. The Morgan fingerprint density at radius 2 is 1.46 bits per heavy atom. The maximum Gasteiger partial charge on any atom is 0.243 e. The Morgan fingerprint density at radius 1 is 0.917 bits per heavy atom. The molecule has 0 spiro atoms. The van der Waals surface area contributed by atoms with Crippen LogP contribution >= 0.6 is 22.7 Å². The van der Waals surface area contributed by atoms with E-state index in [1.54, 1.807) is 54.0 Å². The normalized spacial score (nSPS) is 11.8.